The quantitative estimate of drug-likeness (QED) is 0.871. The van der Waals surface area contributed by atoms with Gasteiger partial charge in [-0.3, -0.25) is 0 Å². The summed E-state index contributed by atoms with van der Waals surface area (Å²) in [7, 11) is 0. The van der Waals surface area contributed by atoms with E-state index in [1.165, 1.54) is 11.3 Å². The van der Waals surface area contributed by atoms with E-state index in [9.17, 15) is 5.11 Å². The number of thiazole rings is 1. The van der Waals surface area contributed by atoms with E-state index in [0.29, 0.717) is 6.54 Å². The van der Waals surface area contributed by atoms with Crippen molar-refractivity contribution < 1.29 is 5.11 Å². The number of rotatable bonds is 5. The predicted octanol–water partition coefficient (Wildman–Crippen LogP) is 2.87. The second kappa shape index (κ2) is 5.09. The maximum Gasteiger partial charge on any atom is 0.183 e. The van der Waals surface area contributed by atoms with E-state index in [1.54, 1.807) is 0 Å². The molecule has 0 aliphatic carbocycles. The molecule has 1 heterocycles. The monoisotopic (exact) mass is 278 g/mol. The Balaban J connectivity index is 2.40. The number of hydrogen-bond donors (Lipinski definition) is 2. The molecule has 0 saturated carbocycles. The Morgan fingerprint density at radius 3 is 2.93 bits per heavy atom. The summed E-state index contributed by atoms with van der Waals surface area (Å²) in [6.07, 6.45) is 1.78. The zero-order valence-electron chi connectivity index (χ0n) is 8.38. The highest BCUT2D eigenvalue weighted by molar-refractivity contribution is 9.10. The molecule has 0 aromatic carbocycles. The smallest absolute Gasteiger partial charge is 0.183 e. The Kier molecular flexibility index (Phi) is 4.34. The van der Waals surface area contributed by atoms with Gasteiger partial charge < -0.3 is 10.4 Å². The van der Waals surface area contributed by atoms with Gasteiger partial charge in [-0.15, -0.1) is 11.3 Å². The summed E-state index contributed by atoms with van der Waals surface area (Å²) in [6.45, 7) is 4.45. The number of aromatic nitrogens is 1. The largest absolute Gasteiger partial charge is 0.388 e. The number of nitrogens with one attached hydrogen (secondary N) is 1. The molecule has 0 bridgehead atoms. The molecule has 1 aromatic rings. The van der Waals surface area contributed by atoms with Crippen LogP contribution in [0.1, 0.15) is 26.7 Å². The molecule has 0 amide bonds. The molecular weight excluding hydrogens is 264 g/mol. The van der Waals surface area contributed by atoms with Crippen LogP contribution in [-0.2, 0) is 0 Å². The van der Waals surface area contributed by atoms with Crippen LogP contribution < -0.4 is 5.32 Å². The molecule has 0 radical (unpaired) electrons. The lowest BCUT2D eigenvalue weighted by Crippen LogP contribution is -2.33. The van der Waals surface area contributed by atoms with Crippen LogP contribution in [0.4, 0.5) is 5.13 Å². The Bertz CT molecular complexity index is 288. The Labute approximate surface area is 96.7 Å². The molecule has 1 unspecified atom stereocenters. The molecule has 1 aromatic heterocycles. The van der Waals surface area contributed by atoms with Crippen molar-refractivity contribution in [2.24, 2.45) is 0 Å². The average molecular weight is 279 g/mol. The molecule has 1 atom stereocenters. The molecule has 14 heavy (non-hydrogen) atoms. The molecule has 80 valence electrons. The van der Waals surface area contributed by atoms with E-state index >= 15 is 0 Å². The lowest BCUT2D eigenvalue weighted by atomic mass is 10.0. The first kappa shape index (κ1) is 11.9. The predicted molar refractivity (Wildman–Crippen MR) is 63.8 cm³/mol. The first-order valence-corrected chi connectivity index (χ1v) is 6.28. The second-order valence-electron chi connectivity index (χ2n) is 3.58. The summed E-state index contributed by atoms with van der Waals surface area (Å²) in [5, 5.41) is 15.8. The summed E-state index contributed by atoms with van der Waals surface area (Å²) in [5.41, 5.74) is -0.646. The van der Waals surface area contributed by atoms with Crippen molar-refractivity contribution in [3.63, 3.8) is 0 Å². The van der Waals surface area contributed by atoms with Crippen molar-refractivity contribution in [2.45, 2.75) is 32.3 Å². The molecular formula is C9H15BrN2OS. The third kappa shape index (κ3) is 3.94. The van der Waals surface area contributed by atoms with Crippen LogP contribution in [0.2, 0.25) is 0 Å². The van der Waals surface area contributed by atoms with Crippen LogP contribution >= 0.6 is 27.3 Å². The number of nitrogens with zero attached hydrogens (tertiary/aromatic N) is 1. The van der Waals surface area contributed by atoms with E-state index in [2.05, 4.69) is 33.2 Å². The van der Waals surface area contributed by atoms with Gasteiger partial charge in [0, 0.05) is 11.9 Å². The lowest BCUT2D eigenvalue weighted by Gasteiger charge is -2.22. The third-order valence-electron chi connectivity index (χ3n) is 1.89. The van der Waals surface area contributed by atoms with Crippen LogP contribution in [0.15, 0.2) is 9.98 Å². The number of hydrogen-bond acceptors (Lipinski definition) is 4. The van der Waals surface area contributed by atoms with Crippen LogP contribution in [-0.4, -0.2) is 22.2 Å². The summed E-state index contributed by atoms with van der Waals surface area (Å²) < 4.78 is 0.833. The Hall–Kier alpha value is -0.130. The zero-order chi connectivity index (χ0) is 10.6. The van der Waals surface area contributed by atoms with Crippen molar-refractivity contribution in [3.05, 3.63) is 9.98 Å². The van der Waals surface area contributed by atoms with Gasteiger partial charge >= 0.3 is 0 Å². The fraction of sp³-hybridized carbons (Fsp3) is 0.667. The van der Waals surface area contributed by atoms with Crippen molar-refractivity contribution in [1.82, 2.24) is 4.98 Å². The minimum Gasteiger partial charge on any atom is -0.388 e. The summed E-state index contributed by atoms with van der Waals surface area (Å²) in [4.78, 5) is 4.19. The lowest BCUT2D eigenvalue weighted by molar-refractivity contribution is 0.0637. The minimum absolute atomic E-state index is 0.542. The van der Waals surface area contributed by atoms with Crippen LogP contribution in [0.5, 0.6) is 0 Å². The maximum atomic E-state index is 9.89. The fourth-order valence-electron chi connectivity index (χ4n) is 1.23. The molecule has 2 N–H and O–H groups in total. The van der Waals surface area contributed by atoms with Gasteiger partial charge in [0.1, 0.15) is 4.60 Å². The molecule has 0 spiro atoms. The van der Waals surface area contributed by atoms with Crippen molar-refractivity contribution in [2.75, 3.05) is 11.9 Å². The van der Waals surface area contributed by atoms with Crippen LogP contribution in [0.3, 0.4) is 0 Å². The van der Waals surface area contributed by atoms with Crippen molar-refractivity contribution in [1.29, 1.82) is 0 Å². The molecule has 0 aliphatic rings. The Morgan fingerprint density at radius 1 is 1.71 bits per heavy atom. The number of aliphatic hydroxyl groups is 1. The first-order chi connectivity index (χ1) is 6.53. The summed E-state index contributed by atoms with van der Waals surface area (Å²) in [5.74, 6) is 0. The topological polar surface area (TPSA) is 45.1 Å². The normalized spacial score (nSPS) is 15.1. The van der Waals surface area contributed by atoms with E-state index < -0.39 is 5.60 Å². The summed E-state index contributed by atoms with van der Waals surface area (Å²) >= 11 is 4.81. The molecule has 1 rings (SSSR count). The first-order valence-electron chi connectivity index (χ1n) is 4.61. The van der Waals surface area contributed by atoms with E-state index in [-0.39, 0.29) is 0 Å². The molecule has 3 nitrogen and oxygen atoms in total. The van der Waals surface area contributed by atoms with Gasteiger partial charge in [0.05, 0.1) is 5.60 Å². The molecule has 0 saturated heterocycles. The second-order valence-corrected chi connectivity index (χ2v) is 5.25. The molecule has 5 heteroatoms. The van der Waals surface area contributed by atoms with Crippen LogP contribution in [0.25, 0.3) is 0 Å². The van der Waals surface area contributed by atoms with Gasteiger partial charge in [-0.1, -0.05) is 13.3 Å². The number of anilines is 1. The zero-order valence-corrected chi connectivity index (χ0v) is 10.8. The van der Waals surface area contributed by atoms with Gasteiger partial charge in [0.2, 0.25) is 0 Å². The van der Waals surface area contributed by atoms with Crippen LogP contribution in [0, 0.1) is 0 Å². The van der Waals surface area contributed by atoms with Gasteiger partial charge in [-0.25, -0.2) is 4.98 Å². The highest BCUT2D eigenvalue weighted by Crippen LogP contribution is 2.20. The van der Waals surface area contributed by atoms with E-state index in [4.69, 9.17) is 0 Å². The van der Waals surface area contributed by atoms with Gasteiger partial charge in [0.25, 0.3) is 0 Å². The highest BCUT2D eigenvalue weighted by atomic mass is 79.9. The van der Waals surface area contributed by atoms with Gasteiger partial charge in [-0.2, -0.15) is 0 Å². The van der Waals surface area contributed by atoms with E-state index in [0.717, 1.165) is 22.6 Å². The third-order valence-corrected chi connectivity index (χ3v) is 3.39. The molecule has 0 fully saturated rings. The Morgan fingerprint density at radius 2 is 2.43 bits per heavy atom. The van der Waals surface area contributed by atoms with Gasteiger partial charge in [0.15, 0.2) is 5.13 Å². The summed E-state index contributed by atoms with van der Waals surface area (Å²) in [6, 6.07) is 0. The molecule has 0 aliphatic heterocycles. The average Bonchev–Trinajstić information content (AvgIpc) is 2.48. The highest BCUT2D eigenvalue weighted by Gasteiger charge is 2.18. The number of halogens is 1. The van der Waals surface area contributed by atoms with Crippen molar-refractivity contribution in [3.8, 4) is 0 Å². The minimum atomic E-state index is -0.646. The SMILES string of the molecule is CCCC(C)(O)CNc1nc(Br)cs1. The van der Waals surface area contributed by atoms with Crippen molar-refractivity contribution >= 4 is 32.4 Å². The fourth-order valence-corrected chi connectivity index (χ4v) is 2.37. The van der Waals surface area contributed by atoms with Gasteiger partial charge in [-0.05, 0) is 29.3 Å². The standard InChI is InChI=1S/C9H15BrN2OS/c1-3-4-9(2,13)6-11-8-12-7(10)5-14-8/h5,13H,3-4,6H2,1-2H3,(H,11,12). The van der Waals surface area contributed by atoms with E-state index in [1.807, 2.05) is 12.3 Å². The maximum absolute atomic E-state index is 9.89.